The van der Waals surface area contributed by atoms with E-state index in [1.54, 1.807) is 37.6 Å². The quantitative estimate of drug-likeness (QED) is 0.416. The maximum Gasteiger partial charge on any atom is 0.249 e. The molecule has 0 spiro atoms. The van der Waals surface area contributed by atoms with Crippen LogP contribution in [-0.2, 0) is 32.0 Å². The molecule has 2 amide bonds. The molecule has 0 atom stereocenters. The first-order valence-corrected chi connectivity index (χ1v) is 11.6. The van der Waals surface area contributed by atoms with Gasteiger partial charge in [-0.05, 0) is 48.1 Å². The summed E-state index contributed by atoms with van der Waals surface area (Å²) in [5.74, 6) is 0.950. The number of aryl methyl sites for hydroxylation is 1. The van der Waals surface area contributed by atoms with Gasteiger partial charge in [-0.3, -0.25) is 9.59 Å². The van der Waals surface area contributed by atoms with Crippen LogP contribution < -0.4 is 9.47 Å². The number of thiophene rings is 1. The lowest BCUT2D eigenvalue weighted by Gasteiger charge is -2.27. The van der Waals surface area contributed by atoms with Gasteiger partial charge >= 0.3 is 0 Å². The van der Waals surface area contributed by atoms with Crippen LogP contribution >= 0.6 is 11.3 Å². The molecule has 0 unspecified atom stereocenters. The number of carbonyl (C=O) groups excluding carboxylic acids is 2. The van der Waals surface area contributed by atoms with Crippen LogP contribution in [0, 0.1) is 6.92 Å². The van der Waals surface area contributed by atoms with Crippen LogP contribution in [0.5, 0.6) is 11.5 Å². The Kier molecular flexibility index (Phi) is 11.2. The number of ether oxygens (including phenoxy) is 4. The highest BCUT2D eigenvalue weighted by molar-refractivity contribution is 7.10. The van der Waals surface area contributed by atoms with E-state index in [0.29, 0.717) is 44.2 Å². The number of benzene rings is 1. The van der Waals surface area contributed by atoms with E-state index in [1.807, 2.05) is 36.6 Å². The maximum atomic E-state index is 13.3. The van der Waals surface area contributed by atoms with Gasteiger partial charge in [-0.25, -0.2) is 0 Å². The molecule has 1 heterocycles. The van der Waals surface area contributed by atoms with E-state index in [0.717, 1.165) is 16.0 Å². The fourth-order valence-corrected chi connectivity index (χ4v) is 4.22. The Morgan fingerprint density at radius 1 is 0.909 bits per heavy atom. The third-order valence-corrected chi connectivity index (χ3v) is 6.29. The summed E-state index contributed by atoms with van der Waals surface area (Å²) in [6.45, 7) is 3.60. The molecule has 0 saturated heterocycles. The fraction of sp³-hybridized carbons (Fsp3) is 0.500. The van der Waals surface area contributed by atoms with Gasteiger partial charge < -0.3 is 28.7 Å². The summed E-state index contributed by atoms with van der Waals surface area (Å²) in [5, 5.41) is 2.02. The fourth-order valence-electron chi connectivity index (χ4n) is 3.30. The smallest absolute Gasteiger partial charge is 0.249 e. The molecule has 8 nitrogen and oxygen atoms in total. The number of hydrogen-bond acceptors (Lipinski definition) is 7. The number of carbonyl (C=O) groups is 2. The molecule has 2 aromatic rings. The highest BCUT2D eigenvalue weighted by Gasteiger charge is 2.22. The van der Waals surface area contributed by atoms with Crippen molar-refractivity contribution in [1.82, 2.24) is 9.80 Å². The summed E-state index contributed by atoms with van der Waals surface area (Å²) in [6, 6.07) is 7.79. The molecule has 0 radical (unpaired) electrons. The van der Waals surface area contributed by atoms with Crippen molar-refractivity contribution < 1.29 is 28.5 Å². The van der Waals surface area contributed by atoms with E-state index >= 15 is 0 Å². The second kappa shape index (κ2) is 13.8. The van der Waals surface area contributed by atoms with E-state index in [9.17, 15) is 9.59 Å². The van der Waals surface area contributed by atoms with Gasteiger partial charge in [-0.2, -0.15) is 0 Å². The van der Waals surface area contributed by atoms with Gasteiger partial charge in [0.15, 0.2) is 11.5 Å². The summed E-state index contributed by atoms with van der Waals surface area (Å²) < 4.78 is 20.8. The third-order valence-electron chi connectivity index (χ3n) is 5.29. The normalized spacial score (nSPS) is 10.7. The molecule has 0 fully saturated rings. The Bertz CT molecular complexity index is 901. The van der Waals surface area contributed by atoms with E-state index in [2.05, 4.69) is 0 Å². The van der Waals surface area contributed by atoms with Crippen molar-refractivity contribution in [1.29, 1.82) is 0 Å². The first kappa shape index (κ1) is 26.6. The lowest BCUT2D eigenvalue weighted by atomic mass is 10.1. The molecule has 0 saturated carbocycles. The molecule has 1 aromatic carbocycles. The Morgan fingerprint density at radius 2 is 1.67 bits per heavy atom. The summed E-state index contributed by atoms with van der Waals surface area (Å²) >= 11 is 1.62. The number of methoxy groups -OCH3 is 4. The van der Waals surface area contributed by atoms with Crippen molar-refractivity contribution in [2.75, 3.05) is 61.3 Å². The zero-order chi connectivity index (χ0) is 24.2. The minimum absolute atomic E-state index is 0.0259. The van der Waals surface area contributed by atoms with E-state index < -0.39 is 0 Å². The molecule has 2 rings (SSSR count). The monoisotopic (exact) mass is 478 g/mol. The molecule has 0 bridgehead atoms. The topological polar surface area (TPSA) is 77.5 Å². The Morgan fingerprint density at radius 3 is 2.27 bits per heavy atom. The predicted octanol–water partition coefficient (Wildman–Crippen LogP) is 2.77. The SMILES string of the molecule is COCCN(CC(=O)N(CCc1ccc(OC)c(OC)c1)Cc1sccc1C)C(=O)COC. The largest absolute Gasteiger partial charge is 0.493 e. The molecular weight excluding hydrogens is 444 g/mol. The summed E-state index contributed by atoms with van der Waals surface area (Å²) in [5.41, 5.74) is 2.18. The van der Waals surface area contributed by atoms with Crippen LogP contribution in [-0.4, -0.2) is 82.9 Å². The van der Waals surface area contributed by atoms with Gasteiger partial charge in [0, 0.05) is 32.2 Å². The lowest BCUT2D eigenvalue weighted by Crippen LogP contribution is -2.45. The first-order valence-electron chi connectivity index (χ1n) is 10.7. The van der Waals surface area contributed by atoms with E-state index in [4.69, 9.17) is 18.9 Å². The number of amides is 2. The Hall–Kier alpha value is -2.62. The molecule has 33 heavy (non-hydrogen) atoms. The first-order chi connectivity index (χ1) is 15.9. The molecule has 0 N–H and O–H groups in total. The van der Waals surface area contributed by atoms with Crippen LogP contribution in [0.2, 0.25) is 0 Å². The van der Waals surface area contributed by atoms with Crippen LogP contribution in [0.1, 0.15) is 16.0 Å². The second-order valence-corrected chi connectivity index (χ2v) is 8.52. The second-order valence-electron chi connectivity index (χ2n) is 7.52. The predicted molar refractivity (Wildman–Crippen MR) is 128 cm³/mol. The molecule has 9 heteroatoms. The summed E-state index contributed by atoms with van der Waals surface area (Å²) in [7, 11) is 6.23. The minimum atomic E-state index is -0.241. The molecule has 0 aliphatic heterocycles. The third kappa shape index (κ3) is 8.03. The molecule has 182 valence electrons. The van der Waals surface area contributed by atoms with Crippen LogP contribution in [0.4, 0.5) is 0 Å². The van der Waals surface area contributed by atoms with Gasteiger partial charge in [0.1, 0.15) is 6.61 Å². The summed E-state index contributed by atoms with van der Waals surface area (Å²) in [6.07, 6.45) is 0.639. The number of hydrogen-bond donors (Lipinski definition) is 0. The minimum Gasteiger partial charge on any atom is -0.493 e. The average molecular weight is 479 g/mol. The van der Waals surface area contributed by atoms with Gasteiger partial charge in [-0.1, -0.05) is 6.07 Å². The lowest BCUT2D eigenvalue weighted by molar-refractivity contribution is -0.143. The molecule has 0 aliphatic rings. The molecular formula is C24H34N2O6S. The molecule has 1 aromatic heterocycles. The zero-order valence-electron chi connectivity index (χ0n) is 20.1. The van der Waals surface area contributed by atoms with Crippen LogP contribution in [0.15, 0.2) is 29.6 Å². The van der Waals surface area contributed by atoms with E-state index in [1.165, 1.54) is 12.0 Å². The Balaban J connectivity index is 2.17. The van der Waals surface area contributed by atoms with Crippen molar-refractivity contribution in [2.24, 2.45) is 0 Å². The van der Waals surface area contributed by atoms with Crippen molar-refractivity contribution in [3.63, 3.8) is 0 Å². The van der Waals surface area contributed by atoms with Crippen molar-refractivity contribution >= 4 is 23.2 Å². The van der Waals surface area contributed by atoms with Gasteiger partial charge in [0.25, 0.3) is 0 Å². The maximum absolute atomic E-state index is 13.3. The standard InChI is InChI=1S/C24H34N2O6S/c1-18-9-13-33-22(18)15-25(10-8-19-6-7-20(31-4)21(14-19)32-5)23(27)16-26(11-12-29-2)24(28)17-30-3/h6-7,9,13-14H,8,10-12,15-17H2,1-5H3. The average Bonchev–Trinajstić information content (AvgIpc) is 3.23. The van der Waals surface area contributed by atoms with Crippen LogP contribution in [0.25, 0.3) is 0 Å². The van der Waals surface area contributed by atoms with Crippen LogP contribution in [0.3, 0.4) is 0 Å². The molecule has 0 aliphatic carbocycles. The van der Waals surface area contributed by atoms with Crippen molar-refractivity contribution in [2.45, 2.75) is 19.9 Å². The number of rotatable bonds is 14. The highest BCUT2D eigenvalue weighted by atomic mass is 32.1. The van der Waals surface area contributed by atoms with Gasteiger partial charge in [0.2, 0.25) is 11.8 Å². The highest BCUT2D eigenvalue weighted by Crippen LogP contribution is 2.28. The summed E-state index contributed by atoms with van der Waals surface area (Å²) in [4.78, 5) is 30.2. The van der Waals surface area contributed by atoms with Crippen molar-refractivity contribution in [3.05, 3.63) is 45.6 Å². The number of nitrogens with zero attached hydrogens (tertiary/aromatic N) is 2. The zero-order valence-corrected chi connectivity index (χ0v) is 20.9. The van der Waals surface area contributed by atoms with Gasteiger partial charge in [0.05, 0.1) is 33.9 Å². The van der Waals surface area contributed by atoms with Crippen molar-refractivity contribution in [3.8, 4) is 11.5 Å². The van der Waals surface area contributed by atoms with Gasteiger partial charge in [-0.15, -0.1) is 11.3 Å². The Labute approximate surface area is 200 Å². The van der Waals surface area contributed by atoms with E-state index in [-0.39, 0.29) is 25.0 Å².